The molecule has 0 fully saturated rings. The van der Waals surface area contributed by atoms with Crippen LogP contribution in [0.4, 0.5) is 0 Å². The van der Waals surface area contributed by atoms with E-state index in [1.165, 1.54) is 0 Å². The number of ether oxygens (including phenoxy) is 1. The number of hydrogen-bond donors (Lipinski definition) is 1. The molecule has 0 saturated carbocycles. The molecule has 1 aromatic carbocycles. The summed E-state index contributed by atoms with van der Waals surface area (Å²) < 4.78 is 10.5. The van der Waals surface area contributed by atoms with Crippen molar-refractivity contribution in [3.05, 3.63) is 41.5 Å². The van der Waals surface area contributed by atoms with E-state index in [4.69, 9.17) is 15.0 Å². The van der Waals surface area contributed by atoms with E-state index < -0.39 is 0 Å². The van der Waals surface area contributed by atoms with Gasteiger partial charge in [0.15, 0.2) is 5.82 Å². The van der Waals surface area contributed by atoms with Gasteiger partial charge in [-0.3, -0.25) is 0 Å². The van der Waals surface area contributed by atoms with Gasteiger partial charge in [0, 0.05) is 12.8 Å². The van der Waals surface area contributed by atoms with Crippen LogP contribution < -0.4 is 10.5 Å². The first-order valence-electron chi connectivity index (χ1n) is 7.35. The second-order valence-electron chi connectivity index (χ2n) is 5.35. The molecule has 0 amide bonds. The normalized spacial score (nSPS) is 12.3. The van der Waals surface area contributed by atoms with Crippen LogP contribution in [0.1, 0.15) is 37.0 Å². The maximum absolute atomic E-state index is 5.55. The van der Waals surface area contributed by atoms with Crippen LogP contribution in [0.5, 0.6) is 5.75 Å². The number of aromatic nitrogens is 2. The number of benzene rings is 1. The SMILES string of the molecule is COc1cccc(Cc2noc(CCC(C)CCN)n2)c1. The van der Waals surface area contributed by atoms with Gasteiger partial charge in [0.05, 0.1) is 7.11 Å². The minimum Gasteiger partial charge on any atom is -0.497 e. The number of nitrogens with two attached hydrogens (primary N) is 1. The molecule has 5 heteroatoms. The Labute approximate surface area is 125 Å². The first-order valence-corrected chi connectivity index (χ1v) is 7.35. The van der Waals surface area contributed by atoms with Gasteiger partial charge in [-0.05, 0) is 43.0 Å². The minimum absolute atomic E-state index is 0.587. The van der Waals surface area contributed by atoms with E-state index >= 15 is 0 Å². The van der Waals surface area contributed by atoms with E-state index in [-0.39, 0.29) is 0 Å². The molecule has 0 aliphatic heterocycles. The summed E-state index contributed by atoms with van der Waals surface area (Å²) in [4.78, 5) is 4.44. The molecule has 5 nitrogen and oxygen atoms in total. The highest BCUT2D eigenvalue weighted by Gasteiger charge is 2.09. The molecule has 0 spiro atoms. The summed E-state index contributed by atoms with van der Waals surface area (Å²) in [5.74, 6) is 2.84. The van der Waals surface area contributed by atoms with E-state index in [1.54, 1.807) is 7.11 Å². The Kier molecular flexibility index (Phi) is 5.75. The highest BCUT2D eigenvalue weighted by Crippen LogP contribution is 2.16. The van der Waals surface area contributed by atoms with Crippen LogP contribution >= 0.6 is 0 Å². The Hall–Kier alpha value is -1.88. The van der Waals surface area contributed by atoms with Crippen molar-refractivity contribution >= 4 is 0 Å². The standard InChI is InChI=1S/C16H23N3O2/c1-12(8-9-17)6-7-16-18-15(19-21-16)11-13-4-3-5-14(10-13)20-2/h3-5,10,12H,6-9,11,17H2,1-2H3. The molecule has 2 rings (SSSR count). The Morgan fingerprint density at radius 3 is 2.95 bits per heavy atom. The second-order valence-corrected chi connectivity index (χ2v) is 5.35. The summed E-state index contributed by atoms with van der Waals surface area (Å²) >= 11 is 0. The fourth-order valence-electron chi connectivity index (χ4n) is 2.23. The van der Waals surface area contributed by atoms with Gasteiger partial charge in [-0.15, -0.1) is 0 Å². The lowest BCUT2D eigenvalue weighted by atomic mass is 10.0. The number of methoxy groups -OCH3 is 1. The molecule has 0 aliphatic carbocycles. The molecule has 1 unspecified atom stereocenters. The molecule has 1 aromatic heterocycles. The highest BCUT2D eigenvalue weighted by atomic mass is 16.5. The van der Waals surface area contributed by atoms with Gasteiger partial charge >= 0.3 is 0 Å². The smallest absolute Gasteiger partial charge is 0.226 e. The third-order valence-corrected chi connectivity index (χ3v) is 3.52. The molecule has 2 N–H and O–H groups in total. The molecule has 0 radical (unpaired) electrons. The van der Waals surface area contributed by atoms with Gasteiger partial charge in [0.1, 0.15) is 5.75 Å². The molecule has 0 aliphatic rings. The Balaban J connectivity index is 1.90. The number of rotatable bonds is 8. The van der Waals surface area contributed by atoms with Crippen molar-refractivity contribution in [3.63, 3.8) is 0 Å². The molecule has 1 heterocycles. The second kappa shape index (κ2) is 7.78. The van der Waals surface area contributed by atoms with Crippen LogP contribution in [0, 0.1) is 5.92 Å². The van der Waals surface area contributed by atoms with Gasteiger partial charge in [-0.2, -0.15) is 4.98 Å². The van der Waals surface area contributed by atoms with Gasteiger partial charge in [0.25, 0.3) is 0 Å². The maximum atomic E-state index is 5.55. The van der Waals surface area contributed by atoms with Crippen molar-refractivity contribution in [2.75, 3.05) is 13.7 Å². The topological polar surface area (TPSA) is 74.2 Å². The van der Waals surface area contributed by atoms with Crippen molar-refractivity contribution < 1.29 is 9.26 Å². The fourth-order valence-corrected chi connectivity index (χ4v) is 2.23. The number of hydrogen-bond acceptors (Lipinski definition) is 5. The average molecular weight is 289 g/mol. The van der Waals surface area contributed by atoms with Crippen molar-refractivity contribution in [1.29, 1.82) is 0 Å². The Morgan fingerprint density at radius 2 is 2.19 bits per heavy atom. The van der Waals surface area contributed by atoms with Gasteiger partial charge in [-0.25, -0.2) is 0 Å². The quantitative estimate of drug-likeness (QED) is 0.808. The van der Waals surface area contributed by atoms with Crippen molar-refractivity contribution in [3.8, 4) is 5.75 Å². The molecule has 114 valence electrons. The van der Waals surface area contributed by atoms with Gasteiger partial charge < -0.3 is 15.0 Å². The lowest BCUT2D eigenvalue weighted by Crippen LogP contribution is -2.06. The lowest BCUT2D eigenvalue weighted by Gasteiger charge is -2.06. The summed E-state index contributed by atoms with van der Waals surface area (Å²) in [6.07, 6.45) is 3.52. The van der Waals surface area contributed by atoms with E-state index in [1.807, 2.05) is 24.3 Å². The van der Waals surface area contributed by atoms with Gasteiger partial charge in [-0.1, -0.05) is 24.2 Å². The Morgan fingerprint density at radius 1 is 1.33 bits per heavy atom. The summed E-state index contributed by atoms with van der Waals surface area (Å²) in [6.45, 7) is 2.92. The molecular formula is C16H23N3O2. The number of aryl methyl sites for hydroxylation is 1. The monoisotopic (exact) mass is 289 g/mol. The van der Waals surface area contributed by atoms with Crippen LogP contribution in [-0.4, -0.2) is 23.8 Å². The summed E-state index contributed by atoms with van der Waals surface area (Å²) in [5, 5.41) is 4.04. The molecule has 21 heavy (non-hydrogen) atoms. The summed E-state index contributed by atoms with van der Waals surface area (Å²) in [7, 11) is 1.66. The number of nitrogens with zero attached hydrogens (tertiary/aromatic N) is 2. The first kappa shape index (κ1) is 15.5. The zero-order valence-electron chi connectivity index (χ0n) is 12.7. The van der Waals surface area contributed by atoms with Crippen molar-refractivity contribution in [2.24, 2.45) is 11.7 Å². The lowest BCUT2D eigenvalue weighted by molar-refractivity contribution is 0.358. The fraction of sp³-hybridized carbons (Fsp3) is 0.500. The van der Waals surface area contributed by atoms with Crippen LogP contribution in [0.15, 0.2) is 28.8 Å². The predicted molar refractivity (Wildman–Crippen MR) is 81.3 cm³/mol. The predicted octanol–water partition coefficient (Wildman–Crippen LogP) is 2.59. The molecule has 2 aromatic rings. The third-order valence-electron chi connectivity index (χ3n) is 3.52. The summed E-state index contributed by atoms with van der Waals surface area (Å²) in [6, 6.07) is 7.90. The van der Waals surface area contributed by atoms with Crippen molar-refractivity contribution in [2.45, 2.75) is 32.6 Å². The zero-order valence-corrected chi connectivity index (χ0v) is 12.7. The van der Waals surface area contributed by atoms with E-state index in [2.05, 4.69) is 17.1 Å². The molecule has 0 bridgehead atoms. The van der Waals surface area contributed by atoms with E-state index in [9.17, 15) is 0 Å². The van der Waals surface area contributed by atoms with E-state index in [0.717, 1.165) is 37.1 Å². The maximum Gasteiger partial charge on any atom is 0.226 e. The molecular weight excluding hydrogens is 266 g/mol. The van der Waals surface area contributed by atoms with Crippen LogP contribution in [-0.2, 0) is 12.8 Å². The molecule has 1 atom stereocenters. The van der Waals surface area contributed by atoms with E-state index in [0.29, 0.717) is 24.1 Å². The first-order chi connectivity index (χ1) is 10.2. The third kappa shape index (κ3) is 4.86. The largest absolute Gasteiger partial charge is 0.497 e. The van der Waals surface area contributed by atoms with Crippen LogP contribution in [0.3, 0.4) is 0 Å². The summed E-state index contributed by atoms with van der Waals surface area (Å²) in [5.41, 5.74) is 6.66. The van der Waals surface area contributed by atoms with Crippen LogP contribution in [0.2, 0.25) is 0 Å². The van der Waals surface area contributed by atoms with Crippen LogP contribution in [0.25, 0.3) is 0 Å². The minimum atomic E-state index is 0.587. The Bertz CT molecular complexity index is 554. The average Bonchev–Trinajstić information content (AvgIpc) is 2.93. The van der Waals surface area contributed by atoms with Gasteiger partial charge in [0.2, 0.25) is 5.89 Å². The highest BCUT2D eigenvalue weighted by molar-refractivity contribution is 5.30. The zero-order chi connectivity index (χ0) is 15.1. The molecule has 0 saturated heterocycles. The van der Waals surface area contributed by atoms with Crippen molar-refractivity contribution in [1.82, 2.24) is 10.1 Å².